The number of nitrogens with two attached hydrogens (primary N) is 1. The van der Waals surface area contributed by atoms with E-state index in [1.807, 2.05) is 13.8 Å². The molecule has 0 aliphatic heterocycles. The predicted molar refractivity (Wildman–Crippen MR) is 77.2 cm³/mol. The molecule has 0 aliphatic carbocycles. The number of nitrogens with one attached hydrogen (secondary N) is 1. The van der Waals surface area contributed by atoms with E-state index in [-0.39, 0.29) is 11.8 Å². The lowest BCUT2D eigenvalue weighted by atomic mass is 10.2. The average molecular weight is 281 g/mol. The molecular weight excluding hydrogens is 258 g/mol. The van der Waals surface area contributed by atoms with Crippen molar-refractivity contribution in [3.63, 3.8) is 0 Å². The largest absolute Gasteiger partial charge is 0.395 e. The highest BCUT2D eigenvalue weighted by molar-refractivity contribution is 6.00. The molecule has 0 fully saturated rings. The zero-order valence-electron chi connectivity index (χ0n) is 12.7. The molecule has 1 heterocycles. The Morgan fingerprint density at radius 1 is 1.45 bits per heavy atom. The normalized spacial score (nSPS) is 12.1. The number of rotatable bonds is 5. The van der Waals surface area contributed by atoms with Crippen LogP contribution >= 0.6 is 0 Å². The highest BCUT2D eigenvalue weighted by Crippen LogP contribution is 2.16. The molecule has 0 spiro atoms. The van der Waals surface area contributed by atoms with Crippen LogP contribution in [0.5, 0.6) is 0 Å². The molecular formula is C13H23N5O2. The second-order valence-corrected chi connectivity index (χ2v) is 4.73. The minimum absolute atomic E-state index is 0.141. The van der Waals surface area contributed by atoms with Crippen LogP contribution in [0.4, 0.5) is 5.69 Å². The number of carbonyl (C=O) groups excluding carboxylic acids is 2. The van der Waals surface area contributed by atoms with E-state index in [4.69, 9.17) is 5.73 Å². The van der Waals surface area contributed by atoms with Gasteiger partial charge in [-0.1, -0.05) is 6.92 Å². The van der Waals surface area contributed by atoms with Crippen molar-refractivity contribution in [2.45, 2.75) is 33.2 Å². The summed E-state index contributed by atoms with van der Waals surface area (Å²) in [5, 5.41) is 6.85. The summed E-state index contributed by atoms with van der Waals surface area (Å²) in [7, 11) is 3.35. The fourth-order valence-electron chi connectivity index (χ4n) is 1.94. The van der Waals surface area contributed by atoms with Gasteiger partial charge < -0.3 is 16.0 Å². The van der Waals surface area contributed by atoms with E-state index in [0.717, 1.165) is 0 Å². The van der Waals surface area contributed by atoms with Crippen molar-refractivity contribution in [3.05, 3.63) is 11.4 Å². The standard InChI is InChI=1S/C13H23N5O2/c1-6-9-10(14)11(18(5)16-9)12(19)15-8(3)13(20)17(4)7-2/h8H,6-7,14H2,1-5H3,(H,15,19). The predicted octanol–water partition coefficient (Wildman–Crippen LogP) is 0.161. The third kappa shape index (κ3) is 3.09. The maximum atomic E-state index is 12.2. The highest BCUT2D eigenvalue weighted by Gasteiger charge is 2.24. The Hall–Kier alpha value is -2.05. The quantitative estimate of drug-likeness (QED) is 0.804. The molecule has 0 saturated carbocycles. The number of hydrogen-bond acceptors (Lipinski definition) is 4. The van der Waals surface area contributed by atoms with Gasteiger partial charge in [-0.3, -0.25) is 14.3 Å². The topological polar surface area (TPSA) is 93.2 Å². The van der Waals surface area contributed by atoms with Crippen LogP contribution in [-0.4, -0.2) is 46.1 Å². The highest BCUT2D eigenvalue weighted by atomic mass is 16.2. The van der Waals surface area contributed by atoms with Crippen molar-refractivity contribution in [1.82, 2.24) is 20.0 Å². The fourth-order valence-corrected chi connectivity index (χ4v) is 1.94. The molecule has 1 unspecified atom stereocenters. The van der Waals surface area contributed by atoms with Crippen LogP contribution in [0.1, 0.15) is 37.0 Å². The second kappa shape index (κ2) is 6.40. The van der Waals surface area contributed by atoms with E-state index >= 15 is 0 Å². The van der Waals surface area contributed by atoms with E-state index in [9.17, 15) is 9.59 Å². The molecule has 0 aliphatic rings. The maximum Gasteiger partial charge on any atom is 0.272 e. The van der Waals surface area contributed by atoms with Gasteiger partial charge in [0.15, 0.2) is 0 Å². The lowest BCUT2D eigenvalue weighted by Crippen LogP contribution is -2.45. The van der Waals surface area contributed by atoms with Crippen LogP contribution in [0.15, 0.2) is 0 Å². The van der Waals surface area contributed by atoms with Gasteiger partial charge >= 0.3 is 0 Å². The van der Waals surface area contributed by atoms with Gasteiger partial charge in [0.05, 0.1) is 11.4 Å². The third-order valence-corrected chi connectivity index (χ3v) is 3.28. The van der Waals surface area contributed by atoms with Crippen molar-refractivity contribution in [2.75, 3.05) is 19.3 Å². The van der Waals surface area contributed by atoms with Gasteiger partial charge in [-0.15, -0.1) is 0 Å². The summed E-state index contributed by atoms with van der Waals surface area (Å²) in [4.78, 5) is 25.7. The molecule has 0 radical (unpaired) electrons. The van der Waals surface area contributed by atoms with Gasteiger partial charge in [0.25, 0.3) is 5.91 Å². The van der Waals surface area contributed by atoms with Gasteiger partial charge in [0.1, 0.15) is 11.7 Å². The number of hydrogen-bond donors (Lipinski definition) is 2. The van der Waals surface area contributed by atoms with Gasteiger partial charge in [0, 0.05) is 20.6 Å². The number of amides is 2. The molecule has 0 aromatic carbocycles. The Balaban J connectivity index is 2.87. The zero-order valence-corrected chi connectivity index (χ0v) is 12.7. The van der Waals surface area contributed by atoms with Crippen LogP contribution in [0.3, 0.4) is 0 Å². The van der Waals surface area contributed by atoms with Gasteiger partial charge in [-0.25, -0.2) is 0 Å². The third-order valence-electron chi connectivity index (χ3n) is 3.28. The zero-order chi connectivity index (χ0) is 15.4. The van der Waals surface area contributed by atoms with Gasteiger partial charge in [-0.05, 0) is 20.3 Å². The van der Waals surface area contributed by atoms with Crippen LogP contribution in [0.2, 0.25) is 0 Å². The summed E-state index contributed by atoms with van der Waals surface area (Å²) >= 11 is 0. The van der Waals surface area contributed by atoms with Crippen molar-refractivity contribution >= 4 is 17.5 Å². The van der Waals surface area contributed by atoms with Crippen molar-refractivity contribution < 1.29 is 9.59 Å². The summed E-state index contributed by atoms with van der Waals surface area (Å²) in [5.41, 5.74) is 7.26. The van der Waals surface area contributed by atoms with Crippen molar-refractivity contribution in [3.8, 4) is 0 Å². The SMILES string of the molecule is CCc1nn(C)c(C(=O)NC(C)C(=O)N(C)CC)c1N. The van der Waals surface area contributed by atoms with Crippen LogP contribution in [0.25, 0.3) is 0 Å². The number of nitrogen functional groups attached to an aromatic ring is 1. The van der Waals surface area contributed by atoms with Gasteiger partial charge in [-0.2, -0.15) is 5.10 Å². The average Bonchev–Trinajstić information content (AvgIpc) is 2.71. The summed E-state index contributed by atoms with van der Waals surface area (Å²) in [6.07, 6.45) is 0.653. The molecule has 1 rings (SSSR count). The molecule has 112 valence electrons. The first-order valence-electron chi connectivity index (χ1n) is 6.70. The Morgan fingerprint density at radius 2 is 2.05 bits per heavy atom. The number of nitrogens with zero attached hydrogens (tertiary/aromatic N) is 3. The summed E-state index contributed by atoms with van der Waals surface area (Å²) in [6, 6.07) is -0.605. The van der Waals surface area contributed by atoms with Gasteiger partial charge in [0.2, 0.25) is 5.91 Å². The summed E-state index contributed by atoms with van der Waals surface area (Å²) in [5.74, 6) is -0.528. The second-order valence-electron chi connectivity index (χ2n) is 4.73. The molecule has 1 aromatic heterocycles. The minimum Gasteiger partial charge on any atom is -0.395 e. The first kappa shape index (κ1) is 16.0. The molecule has 20 heavy (non-hydrogen) atoms. The Bertz CT molecular complexity index is 509. The smallest absolute Gasteiger partial charge is 0.272 e. The number of anilines is 1. The monoisotopic (exact) mass is 281 g/mol. The van der Waals surface area contributed by atoms with E-state index in [2.05, 4.69) is 10.4 Å². The molecule has 7 nitrogen and oxygen atoms in total. The minimum atomic E-state index is -0.605. The number of aryl methyl sites for hydroxylation is 2. The molecule has 1 atom stereocenters. The Labute approximate surface area is 119 Å². The lowest BCUT2D eigenvalue weighted by molar-refractivity contribution is -0.131. The van der Waals surface area contributed by atoms with Crippen LogP contribution in [0, 0.1) is 0 Å². The molecule has 0 bridgehead atoms. The summed E-state index contributed by atoms with van der Waals surface area (Å²) in [6.45, 7) is 6.04. The van der Waals surface area contributed by atoms with E-state index in [1.165, 1.54) is 4.68 Å². The fraction of sp³-hybridized carbons (Fsp3) is 0.615. The van der Waals surface area contributed by atoms with Crippen LogP contribution in [-0.2, 0) is 18.3 Å². The first-order valence-corrected chi connectivity index (χ1v) is 6.70. The summed E-state index contributed by atoms with van der Waals surface area (Å²) < 4.78 is 1.45. The Kier molecular flexibility index (Phi) is 5.12. The maximum absolute atomic E-state index is 12.2. The molecule has 0 saturated heterocycles. The number of likely N-dealkylation sites (N-methyl/N-ethyl adjacent to an activating group) is 1. The molecule has 7 heteroatoms. The molecule has 3 N–H and O–H groups in total. The van der Waals surface area contributed by atoms with Crippen LogP contribution < -0.4 is 11.1 Å². The number of aromatic nitrogens is 2. The van der Waals surface area contributed by atoms with Crippen molar-refractivity contribution in [1.29, 1.82) is 0 Å². The van der Waals surface area contributed by atoms with E-state index < -0.39 is 6.04 Å². The Morgan fingerprint density at radius 3 is 2.50 bits per heavy atom. The van der Waals surface area contributed by atoms with E-state index in [1.54, 1.807) is 25.9 Å². The lowest BCUT2D eigenvalue weighted by Gasteiger charge is -2.20. The molecule has 2 amide bonds. The first-order chi connectivity index (χ1) is 9.33. The van der Waals surface area contributed by atoms with E-state index in [0.29, 0.717) is 30.0 Å². The molecule has 1 aromatic rings. The number of carbonyl (C=O) groups is 2. The van der Waals surface area contributed by atoms with Crippen molar-refractivity contribution in [2.24, 2.45) is 7.05 Å².